The van der Waals surface area contributed by atoms with E-state index in [-0.39, 0.29) is 11.5 Å². The maximum atomic E-state index is 11.9. The number of hydrogen-bond donors (Lipinski definition) is 2. The second-order valence-electron chi connectivity index (χ2n) is 4.78. The zero-order chi connectivity index (χ0) is 13.8. The second-order valence-corrected chi connectivity index (χ2v) is 9.14. The topological polar surface area (TPSA) is 92.3 Å². The molecule has 0 bridgehead atoms. The van der Waals surface area contributed by atoms with Gasteiger partial charge >= 0.3 is 0 Å². The van der Waals surface area contributed by atoms with Gasteiger partial charge in [0.05, 0.1) is 16.8 Å². The minimum atomic E-state index is -3.45. The Morgan fingerprint density at radius 1 is 1.39 bits per heavy atom. The highest BCUT2D eigenvalue weighted by molar-refractivity contribution is 7.92. The van der Waals surface area contributed by atoms with E-state index in [1.807, 2.05) is 6.92 Å². The first-order valence-electron chi connectivity index (χ1n) is 6.19. The van der Waals surface area contributed by atoms with Crippen LogP contribution >= 0.6 is 0 Å². The van der Waals surface area contributed by atoms with E-state index in [1.54, 1.807) is 6.92 Å². The molecule has 108 valence electrons. The molecule has 1 saturated heterocycles. The van der Waals surface area contributed by atoms with Crippen molar-refractivity contribution in [1.82, 2.24) is 10.0 Å². The van der Waals surface area contributed by atoms with Crippen LogP contribution < -0.4 is 10.0 Å². The SMILES string of the molecule is CCCNCC(C)S(=O)(=O)NC1CCS(=O)(=O)C1. The Kier molecular flexibility index (Phi) is 5.57. The highest BCUT2D eigenvalue weighted by Gasteiger charge is 2.32. The molecule has 0 amide bonds. The Bertz CT molecular complexity index is 458. The summed E-state index contributed by atoms with van der Waals surface area (Å²) in [5, 5.41) is 2.48. The molecule has 0 aromatic carbocycles. The zero-order valence-corrected chi connectivity index (χ0v) is 12.5. The summed E-state index contributed by atoms with van der Waals surface area (Å²) in [7, 11) is -6.51. The molecule has 0 aliphatic carbocycles. The van der Waals surface area contributed by atoms with Gasteiger partial charge in [-0.25, -0.2) is 21.6 Å². The normalized spacial score (nSPS) is 25.1. The van der Waals surface area contributed by atoms with E-state index >= 15 is 0 Å². The number of sulfone groups is 1. The molecule has 8 heteroatoms. The zero-order valence-electron chi connectivity index (χ0n) is 10.8. The van der Waals surface area contributed by atoms with Crippen LogP contribution in [0.5, 0.6) is 0 Å². The first kappa shape index (κ1) is 15.9. The summed E-state index contributed by atoms with van der Waals surface area (Å²) in [6.45, 7) is 4.78. The number of nitrogens with one attached hydrogen (secondary N) is 2. The Hall–Kier alpha value is -0.180. The van der Waals surface area contributed by atoms with Crippen LogP contribution in [0.1, 0.15) is 26.7 Å². The molecule has 0 aromatic rings. The summed E-state index contributed by atoms with van der Waals surface area (Å²) in [4.78, 5) is 0. The quantitative estimate of drug-likeness (QED) is 0.617. The van der Waals surface area contributed by atoms with Crippen molar-refractivity contribution >= 4 is 19.9 Å². The van der Waals surface area contributed by atoms with Gasteiger partial charge in [-0.1, -0.05) is 6.92 Å². The van der Waals surface area contributed by atoms with E-state index in [0.29, 0.717) is 13.0 Å². The predicted octanol–water partition coefficient (Wildman–Crippen LogP) is -0.519. The molecule has 0 radical (unpaired) electrons. The summed E-state index contributed by atoms with van der Waals surface area (Å²) < 4.78 is 48.9. The van der Waals surface area contributed by atoms with Crippen LogP contribution in [0.15, 0.2) is 0 Å². The Morgan fingerprint density at radius 2 is 2.06 bits per heavy atom. The maximum Gasteiger partial charge on any atom is 0.215 e. The molecular formula is C10H22N2O4S2. The molecule has 2 atom stereocenters. The molecule has 1 heterocycles. The number of hydrogen-bond acceptors (Lipinski definition) is 5. The maximum absolute atomic E-state index is 11.9. The summed E-state index contributed by atoms with van der Waals surface area (Å²) in [5.74, 6) is -0.00993. The van der Waals surface area contributed by atoms with E-state index in [9.17, 15) is 16.8 Å². The third-order valence-electron chi connectivity index (χ3n) is 2.95. The van der Waals surface area contributed by atoms with Gasteiger partial charge in [-0.2, -0.15) is 0 Å². The van der Waals surface area contributed by atoms with Crippen molar-refractivity contribution in [2.45, 2.75) is 38.0 Å². The van der Waals surface area contributed by atoms with Gasteiger partial charge in [0.25, 0.3) is 0 Å². The smallest absolute Gasteiger partial charge is 0.215 e. The summed E-state index contributed by atoms with van der Waals surface area (Å²) in [6, 6.07) is -0.464. The van der Waals surface area contributed by atoms with Crippen LogP contribution in [0.25, 0.3) is 0 Å². The second kappa shape index (κ2) is 6.31. The van der Waals surface area contributed by atoms with E-state index in [0.717, 1.165) is 13.0 Å². The standard InChI is InChI=1S/C10H22N2O4S2/c1-3-5-11-7-9(2)18(15,16)12-10-4-6-17(13,14)8-10/h9-12H,3-8H2,1-2H3. The fourth-order valence-electron chi connectivity index (χ4n) is 1.83. The third kappa shape index (κ3) is 4.83. The molecule has 1 aliphatic rings. The van der Waals surface area contributed by atoms with Crippen LogP contribution in [0.2, 0.25) is 0 Å². The molecule has 18 heavy (non-hydrogen) atoms. The first-order chi connectivity index (χ1) is 8.27. The van der Waals surface area contributed by atoms with Crippen LogP contribution in [0, 0.1) is 0 Å². The molecule has 0 aromatic heterocycles. The molecule has 6 nitrogen and oxygen atoms in total. The lowest BCUT2D eigenvalue weighted by Crippen LogP contribution is -2.44. The molecule has 2 unspecified atom stereocenters. The Morgan fingerprint density at radius 3 is 2.56 bits per heavy atom. The summed E-state index contributed by atoms with van der Waals surface area (Å²) in [5.41, 5.74) is 0. The van der Waals surface area contributed by atoms with Gasteiger partial charge < -0.3 is 5.32 Å². The lowest BCUT2D eigenvalue weighted by atomic mass is 10.3. The predicted molar refractivity (Wildman–Crippen MR) is 71.7 cm³/mol. The van der Waals surface area contributed by atoms with Crippen LogP contribution in [0.3, 0.4) is 0 Å². The van der Waals surface area contributed by atoms with Crippen molar-refractivity contribution in [3.05, 3.63) is 0 Å². The summed E-state index contributed by atoms with van der Waals surface area (Å²) in [6.07, 6.45) is 1.32. The van der Waals surface area contributed by atoms with E-state index in [2.05, 4.69) is 10.0 Å². The van der Waals surface area contributed by atoms with Crippen LogP contribution in [-0.2, 0) is 19.9 Å². The van der Waals surface area contributed by atoms with Gasteiger partial charge in [-0.15, -0.1) is 0 Å². The monoisotopic (exact) mass is 298 g/mol. The van der Waals surface area contributed by atoms with Crippen molar-refractivity contribution in [2.75, 3.05) is 24.6 Å². The van der Waals surface area contributed by atoms with Gasteiger partial charge in [-0.05, 0) is 26.3 Å². The molecule has 2 N–H and O–H groups in total. The van der Waals surface area contributed by atoms with Gasteiger partial charge in [0, 0.05) is 12.6 Å². The highest BCUT2D eigenvalue weighted by Crippen LogP contribution is 2.13. The van der Waals surface area contributed by atoms with Crippen LogP contribution in [0.4, 0.5) is 0 Å². The lowest BCUT2D eigenvalue weighted by Gasteiger charge is -2.17. The third-order valence-corrected chi connectivity index (χ3v) is 6.61. The molecule has 1 aliphatic heterocycles. The highest BCUT2D eigenvalue weighted by atomic mass is 32.2. The lowest BCUT2D eigenvalue weighted by molar-refractivity contribution is 0.541. The van der Waals surface area contributed by atoms with Gasteiger partial charge in [0.15, 0.2) is 9.84 Å². The van der Waals surface area contributed by atoms with E-state index in [4.69, 9.17) is 0 Å². The van der Waals surface area contributed by atoms with Gasteiger partial charge in [0.1, 0.15) is 0 Å². The van der Waals surface area contributed by atoms with Gasteiger partial charge in [-0.3, -0.25) is 0 Å². The van der Waals surface area contributed by atoms with Gasteiger partial charge in [0.2, 0.25) is 10.0 Å². The summed E-state index contributed by atoms with van der Waals surface area (Å²) >= 11 is 0. The van der Waals surface area contributed by atoms with Crippen molar-refractivity contribution in [3.8, 4) is 0 Å². The average molecular weight is 298 g/mol. The fraction of sp³-hybridized carbons (Fsp3) is 1.00. The van der Waals surface area contributed by atoms with Crippen molar-refractivity contribution < 1.29 is 16.8 Å². The molecule has 0 saturated carbocycles. The molecular weight excluding hydrogens is 276 g/mol. The van der Waals surface area contributed by atoms with Crippen LogP contribution in [-0.4, -0.2) is 52.7 Å². The Balaban J connectivity index is 2.49. The Labute approximate surface area is 110 Å². The van der Waals surface area contributed by atoms with Crippen molar-refractivity contribution in [1.29, 1.82) is 0 Å². The first-order valence-corrected chi connectivity index (χ1v) is 9.56. The minimum absolute atomic E-state index is 0.0721. The minimum Gasteiger partial charge on any atom is -0.315 e. The molecule has 1 fully saturated rings. The van der Waals surface area contributed by atoms with E-state index < -0.39 is 31.2 Å². The molecule has 0 spiro atoms. The van der Waals surface area contributed by atoms with Crippen molar-refractivity contribution in [2.24, 2.45) is 0 Å². The van der Waals surface area contributed by atoms with Crippen molar-refractivity contribution in [3.63, 3.8) is 0 Å². The molecule has 1 rings (SSSR count). The fourth-order valence-corrected chi connectivity index (χ4v) is 4.84. The van der Waals surface area contributed by atoms with E-state index in [1.165, 1.54) is 0 Å². The number of sulfonamides is 1. The number of rotatable bonds is 7. The largest absolute Gasteiger partial charge is 0.315 e. The average Bonchev–Trinajstić information content (AvgIpc) is 2.57.